The molecule has 0 saturated heterocycles. The number of rotatable bonds is 3. The number of para-hydroxylation sites is 1. The molecule has 0 fully saturated rings. The Morgan fingerprint density at radius 1 is 0.500 bits per heavy atom. The minimum Gasteiger partial charge on any atom is -0.310 e. The van der Waals surface area contributed by atoms with Crippen molar-refractivity contribution in [3.8, 4) is 11.1 Å². The lowest BCUT2D eigenvalue weighted by Gasteiger charge is -2.42. The van der Waals surface area contributed by atoms with Crippen molar-refractivity contribution >= 4 is 98.7 Å². The zero-order valence-corrected chi connectivity index (χ0v) is 33.6. The van der Waals surface area contributed by atoms with Crippen molar-refractivity contribution in [3.05, 3.63) is 150 Å². The molecular formula is C49H43BN2S2. The number of hydrogen-bond acceptors (Lipinski definition) is 4. The molecule has 4 heterocycles. The van der Waals surface area contributed by atoms with Crippen LogP contribution in [0.25, 0.3) is 31.3 Å². The molecule has 0 spiro atoms. The van der Waals surface area contributed by atoms with Crippen molar-refractivity contribution in [2.75, 3.05) is 9.80 Å². The van der Waals surface area contributed by atoms with Crippen LogP contribution in [0.2, 0.25) is 0 Å². The SMILES string of the molecule is Cc1cc2c3c(c1)N(c1ccccc1-c1ccc(C(C)(C)C)cc1)c1c(sc4ccccc14)B3c1sc3ccccc3c1N2c1ccc(C(C)(C)C)cc1. The molecule has 0 radical (unpaired) electrons. The van der Waals surface area contributed by atoms with Crippen molar-refractivity contribution in [2.24, 2.45) is 0 Å². The molecule has 0 saturated carbocycles. The van der Waals surface area contributed by atoms with E-state index in [-0.39, 0.29) is 17.5 Å². The molecule has 8 aromatic rings. The Kier molecular flexibility index (Phi) is 7.41. The molecule has 10 rings (SSSR count). The van der Waals surface area contributed by atoms with Gasteiger partial charge < -0.3 is 9.80 Å². The van der Waals surface area contributed by atoms with Gasteiger partial charge in [-0.3, -0.25) is 0 Å². The largest absolute Gasteiger partial charge is 0.310 e. The molecule has 2 nitrogen and oxygen atoms in total. The van der Waals surface area contributed by atoms with E-state index >= 15 is 0 Å². The van der Waals surface area contributed by atoms with Crippen LogP contribution in [0.1, 0.15) is 58.2 Å². The molecule has 5 heteroatoms. The third-order valence-corrected chi connectivity index (χ3v) is 13.9. The minimum absolute atomic E-state index is 0.0762. The highest BCUT2D eigenvalue weighted by atomic mass is 32.1. The maximum Gasteiger partial charge on any atom is 0.277 e. The molecule has 0 unspecified atom stereocenters. The van der Waals surface area contributed by atoms with E-state index < -0.39 is 0 Å². The van der Waals surface area contributed by atoms with Crippen LogP contribution in [0, 0.1) is 6.92 Å². The summed E-state index contributed by atoms with van der Waals surface area (Å²) in [5.74, 6) is 0. The van der Waals surface area contributed by atoms with Crippen molar-refractivity contribution in [1.29, 1.82) is 0 Å². The fraction of sp³-hybridized carbons (Fsp3) is 0.184. The number of anilines is 6. The molecule has 6 aromatic carbocycles. The quantitative estimate of drug-likeness (QED) is 0.167. The van der Waals surface area contributed by atoms with Crippen LogP contribution in [-0.4, -0.2) is 6.71 Å². The van der Waals surface area contributed by atoms with E-state index in [1.807, 2.05) is 22.7 Å². The summed E-state index contributed by atoms with van der Waals surface area (Å²) in [6.45, 7) is 16.1. The highest BCUT2D eigenvalue weighted by Crippen LogP contribution is 2.52. The number of nitrogens with zero attached hydrogens (tertiary/aromatic N) is 2. The van der Waals surface area contributed by atoms with Crippen molar-refractivity contribution < 1.29 is 0 Å². The first-order valence-electron chi connectivity index (χ1n) is 19.1. The lowest BCUT2D eigenvalue weighted by atomic mass is 9.39. The normalized spacial score (nSPS) is 13.7. The Bertz CT molecular complexity index is 2760. The zero-order valence-electron chi connectivity index (χ0n) is 32.0. The Labute approximate surface area is 327 Å². The number of aryl methyl sites for hydroxylation is 1. The third kappa shape index (κ3) is 5.05. The van der Waals surface area contributed by atoms with E-state index in [1.54, 1.807) is 0 Å². The van der Waals surface area contributed by atoms with Gasteiger partial charge in [-0.2, -0.15) is 0 Å². The fourth-order valence-corrected chi connectivity index (χ4v) is 11.4. The second-order valence-electron chi connectivity index (χ2n) is 17.1. The van der Waals surface area contributed by atoms with Gasteiger partial charge in [-0.15, -0.1) is 22.7 Å². The third-order valence-electron chi connectivity index (χ3n) is 11.4. The van der Waals surface area contributed by atoms with Crippen LogP contribution in [-0.2, 0) is 10.8 Å². The monoisotopic (exact) mass is 734 g/mol. The first-order valence-corrected chi connectivity index (χ1v) is 20.7. The lowest BCUT2D eigenvalue weighted by Crippen LogP contribution is -2.59. The van der Waals surface area contributed by atoms with Gasteiger partial charge >= 0.3 is 0 Å². The van der Waals surface area contributed by atoms with E-state index in [0.29, 0.717) is 0 Å². The summed E-state index contributed by atoms with van der Waals surface area (Å²) in [6, 6.07) is 50.6. The summed E-state index contributed by atoms with van der Waals surface area (Å²) in [5.41, 5.74) is 15.6. The average Bonchev–Trinajstić information content (AvgIpc) is 3.73. The van der Waals surface area contributed by atoms with Crippen molar-refractivity contribution in [1.82, 2.24) is 0 Å². The molecule has 2 aliphatic heterocycles. The van der Waals surface area contributed by atoms with Crippen LogP contribution in [0.3, 0.4) is 0 Å². The molecule has 0 atom stereocenters. The van der Waals surface area contributed by atoms with Crippen LogP contribution < -0.4 is 24.8 Å². The molecule has 2 aromatic heterocycles. The highest BCUT2D eigenvalue weighted by Gasteiger charge is 2.47. The van der Waals surface area contributed by atoms with Crippen molar-refractivity contribution in [3.63, 3.8) is 0 Å². The van der Waals surface area contributed by atoms with Crippen LogP contribution in [0.5, 0.6) is 0 Å². The molecular weight excluding hydrogens is 691 g/mol. The Morgan fingerprint density at radius 3 is 1.56 bits per heavy atom. The van der Waals surface area contributed by atoms with Gasteiger partial charge in [0, 0.05) is 52.4 Å². The first kappa shape index (κ1) is 33.5. The van der Waals surface area contributed by atoms with Gasteiger partial charge in [0.05, 0.1) is 17.1 Å². The molecule has 0 amide bonds. The standard InChI is InChI=1S/C49H43BN2S2/c1-30-28-39-43-40(29-30)52(38-17-11-8-14-35(38)31-20-22-32(23-21-31)48(2,3)4)45-37-16-10-13-19-42(37)54-47(45)50(43)46-44(36-15-9-12-18-41(36)53-46)51(39)34-26-24-33(25-27-34)49(5,6)7/h8-29H,1-7H3. The van der Waals surface area contributed by atoms with Crippen LogP contribution in [0.4, 0.5) is 34.1 Å². The maximum atomic E-state index is 2.61. The summed E-state index contributed by atoms with van der Waals surface area (Å²) in [4.78, 5) is 5.19. The van der Waals surface area contributed by atoms with E-state index in [0.717, 1.165) is 0 Å². The van der Waals surface area contributed by atoms with E-state index in [2.05, 4.69) is 192 Å². The van der Waals surface area contributed by atoms with Gasteiger partial charge in [-0.1, -0.05) is 133 Å². The predicted octanol–water partition coefficient (Wildman–Crippen LogP) is 12.8. The number of fused-ring (bicyclic) bond motifs is 8. The van der Waals surface area contributed by atoms with Gasteiger partial charge in [-0.25, -0.2) is 0 Å². The Balaban J connectivity index is 1.28. The van der Waals surface area contributed by atoms with Gasteiger partial charge in [0.25, 0.3) is 6.71 Å². The van der Waals surface area contributed by atoms with E-state index in [1.165, 1.54) is 97.1 Å². The maximum absolute atomic E-state index is 2.61. The molecule has 0 aliphatic carbocycles. The fourth-order valence-electron chi connectivity index (χ4n) is 8.69. The Hall–Kier alpha value is -5.10. The van der Waals surface area contributed by atoms with Gasteiger partial charge in [0.2, 0.25) is 0 Å². The second-order valence-corrected chi connectivity index (χ2v) is 19.3. The van der Waals surface area contributed by atoms with Gasteiger partial charge in [0.1, 0.15) is 0 Å². The van der Waals surface area contributed by atoms with Crippen molar-refractivity contribution in [2.45, 2.75) is 59.3 Å². The molecule has 0 bridgehead atoms. The first-order chi connectivity index (χ1) is 26.0. The summed E-state index contributed by atoms with van der Waals surface area (Å²) in [6.07, 6.45) is 0. The predicted molar refractivity (Wildman–Crippen MR) is 239 cm³/mol. The minimum atomic E-state index is 0.0762. The number of hydrogen-bond donors (Lipinski definition) is 0. The second kappa shape index (κ2) is 12.0. The average molecular weight is 735 g/mol. The smallest absolute Gasteiger partial charge is 0.277 e. The van der Waals surface area contributed by atoms with Crippen LogP contribution in [0.15, 0.2) is 133 Å². The van der Waals surface area contributed by atoms with Gasteiger partial charge in [-0.05, 0) is 87.9 Å². The molecule has 0 N–H and O–H groups in total. The number of benzene rings is 6. The zero-order chi connectivity index (χ0) is 37.1. The lowest BCUT2D eigenvalue weighted by molar-refractivity contribution is 0.590. The van der Waals surface area contributed by atoms with Gasteiger partial charge in [0.15, 0.2) is 0 Å². The Morgan fingerprint density at radius 2 is 0.981 bits per heavy atom. The van der Waals surface area contributed by atoms with E-state index in [4.69, 9.17) is 0 Å². The highest BCUT2D eigenvalue weighted by molar-refractivity contribution is 7.40. The van der Waals surface area contributed by atoms with Crippen LogP contribution >= 0.6 is 22.7 Å². The summed E-state index contributed by atoms with van der Waals surface area (Å²) >= 11 is 3.94. The summed E-state index contributed by atoms with van der Waals surface area (Å²) in [5, 5.41) is 2.63. The summed E-state index contributed by atoms with van der Waals surface area (Å²) < 4.78 is 5.50. The molecule has 54 heavy (non-hydrogen) atoms. The number of thiophene rings is 2. The molecule has 2 aliphatic rings. The molecule has 264 valence electrons. The topological polar surface area (TPSA) is 6.48 Å². The van der Waals surface area contributed by atoms with E-state index in [9.17, 15) is 0 Å². The summed E-state index contributed by atoms with van der Waals surface area (Å²) in [7, 11) is 0.